The van der Waals surface area contributed by atoms with Crippen molar-refractivity contribution >= 4 is 28.8 Å². The number of carbonyl (C=O) groups is 2. The molecule has 0 aliphatic carbocycles. The molecule has 30 heavy (non-hydrogen) atoms. The molecule has 1 aliphatic heterocycles. The lowest BCUT2D eigenvalue weighted by Gasteiger charge is -2.33. The van der Waals surface area contributed by atoms with Crippen molar-refractivity contribution in [1.29, 1.82) is 0 Å². The highest BCUT2D eigenvalue weighted by Crippen LogP contribution is 2.26. The quantitative estimate of drug-likeness (QED) is 0.676. The highest BCUT2D eigenvalue weighted by molar-refractivity contribution is 7.09. The third kappa shape index (κ3) is 5.41. The Morgan fingerprint density at radius 1 is 1.20 bits per heavy atom. The van der Waals surface area contributed by atoms with Gasteiger partial charge in [-0.1, -0.05) is 6.92 Å². The van der Waals surface area contributed by atoms with E-state index in [1.54, 1.807) is 5.38 Å². The SMILES string of the molecule is Cc1nc(C)c(CCC2CCN(C(=O)[C@H](C)CC(=O)c3csc(C)n3)CC2)c(N)n1. The maximum atomic E-state index is 12.8. The summed E-state index contributed by atoms with van der Waals surface area (Å²) in [4.78, 5) is 40.0. The van der Waals surface area contributed by atoms with Gasteiger partial charge in [-0.3, -0.25) is 9.59 Å². The maximum Gasteiger partial charge on any atom is 0.225 e. The van der Waals surface area contributed by atoms with Crippen LogP contribution in [0.25, 0.3) is 0 Å². The summed E-state index contributed by atoms with van der Waals surface area (Å²) in [6.07, 6.45) is 4.06. The van der Waals surface area contributed by atoms with Crippen LogP contribution < -0.4 is 5.73 Å². The molecule has 0 spiro atoms. The number of hydrogen-bond acceptors (Lipinski definition) is 7. The second kappa shape index (κ2) is 9.64. The largest absolute Gasteiger partial charge is 0.383 e. The fourth-order valence-electron chi connectivity index (χ4n) is 4.13. The van der Waals surface area contributed by atoms with Crippen LogP contribution in [0.1, 0.15) is 65.2 Å². The summed E-state index contributed by atoms with van der Waals surface area (Å²) >= 11 is 1.46. The summed E-state index contributed by atoms with van der Waals surface area (Å²) in [5, 5.41) is 2.64. The lowest BCUT2D eigenvalue weighted by atomic mass is 9.89. The Morgan fingerprint density at radius 2 is 1.90 bits per heavy atom. The van der Waals surface area contributed by atoms with E-state index in [-0.39, 0.29) is 24.0 Å². The Balaban J connectivity index is 1.46. The van der Waals surface area contributed by atoms with E-state index < -0.39 is 0 Å². The summed E-state index contributed by atoms with van der Waals surface area (Å²) in [7, 11) is 0. The van der Waals surface area contributed by atoms with Gasteiger partial charge in [0.2, 0.25) is 5.91 Å². The molecule has 8 heteroatoms. The van der Waals surface area contributed by atoms with Crippen molar-refractivity contribution in [1.82, 2.24) is 19.9 Å². The van der Waals surface area contributed by atoms with Gasteiger partial charge in [0.15, 0.2) is 5.78 Å². The van der Waals surface area contributed by atoms with Crippen LogP contribution in [-0.4, -0.2) is 44.6 Å². The molecule has 0 unspecified atom stereocenters. The minimum absolute atomic E-state index is 0.0524. The van der Waals surface area contributed by atoms with Crippen molar-refractivity contribution in [3.63, 3.8) is 0 Å². The molecule has 1 aliphatic rings. The predicted octanol–water partition coefficient (Wildman–Crippen LogP) is 3.52. The molecular weight excluding hydrogens is 398 g/mol. The molecule has 1 atom stereocenters. The number of nitrogen functional groups attached to an aromatic ring is 1. The lowest BCUT2D eigenvalue weighted by molar-refractivity contribution is -0.136. The number of aryl methyl sites for hydroxylation is 3. The van der Waals surface area contributed by atoms with E-state index in [0.29, 0.717) is 23.3 Å². The van der Waals surface area contributed by atoms with Crippen molar-refractivity contribution in [2.24, 2.45) is 11.8 Å². The van der Waals surface area contributed by atoms with Gasteiger partial charge < -0.3 is 10.6 Å². The van der Waals surface area contributed by atoms with Crippen LogP contribution in [-0.2, 0) is 11.2 Å². The molecular formula is C22H31N5O2S. The van der Waals surface area contributed by atoms with E-state index >= 15 is 0 Å². The first kappa shape index (κ1) is 22.3. The van der Waals surface area contributed by atoms with E-state index in [1.165, 1.54) is 11.3 Å². The number of likely N-dealkylation sites (tertiary alicyclic amines) is 1. The second-order valence-corrected chi connectivity index (χ2v) is 9.37. The van der Waals surface area contributed by atoms with Gasteiger partial charge in [-0.05, 0) is 52.4 Å². The molecule has 2 aromatic heterocycles. The van der Waals surface area contributed by atoms with Crippen LogP contribution in [0.5, 0.6) is 0 Å². The van der Waals surface area contributed by atoms with E-state index in [1.807, 2.05) is 32.6 Å². The number of nitrogens with zero attached hydrogens (tertiary/aromatic N) is 4. The number of thiazole rings is 1. The van der Waals surface area contributed by atoms with Crippen LogP contribution in [0.3, 0.4) is 0 Å². The van der Waals surface area contributed by atoms with Gasteiger partial charge in [0.25, 0.3) is 0 Å². The highest BCUT2D eigenvalue weighted by Gasteiger charge is 2.28. The minimum Gasteiger partial charge on any atom is -0.383 e. The molecule has 0 radical (unpaired) electrons. The number of carbonyl (C=O) groups excluding carboxylic acids is 2. The number of anilines is 1. The number of amides is 1. The zero-order valence-electron chi connectivity index (χ0n) is 18.3. The first-order valence-electron chi connectivity index (χ1n) is 10.6. The highest BCUT2D eigenvalue weighted by atomic mass is 32.1. The molecule has 0 aromatic carbocycles. The Labute approximate surface area is 182 Å². The average Bonchev–Trinajstić information content (AvgIpc) is 3.13. The van der Waals surface area contributed by atoms with Gasteiger partial charge >= 0.3 is 0 Å². The number of aromatic nitrogens is 3. The molecule has 3 rings (SSSR count). The van der Waals surface area contributed by atoms with Crippen molar-refractivity contribution in [3.8, 4) is 0 Å². The Bertz CT molecular complexity index is 895. The van der Waals surface area contributed by atoms with Crippen molar-refractivity contribution < 1.29 is 9.59 Å². The Hall–Kier alpha value is -2.35. The molecule has 0 bridgehead atoms. The standard InChI is InChI=1S/C22H31N5O2S/c1-13(11-20(28)19-12-30-16(4)26-19)22(29)27-9-7-17(8-10-27)5-6-18-14(2)24-15(3)25-21(18)23/h12-13,17H,5-11H2,1-4H3,(H2,23,24,25)/t13-/m1/s1. The number of hydrogen-bond donors (Lipinski definition) is 1. The van der Waals surface area contributed by atoms with Crippen LogP contribution in [0.15, 0.2) is 5.38 Å². The van der Waals surface area contributed by atoms with E-state index in [9.17, 15) is 9.59 Å². The molecule has 2 N–H and O–H groups in total. The molecule has 0 saturated carbocycles. The van der Waals surface area contributed by atoms with Gasteiger partial charge in [-0.15, -0.1) is 11.3 Å². The topological polar surface area (TPSA) is 102 Å². The molecule has 1 fully saturated rings. The van der Waals surface area contributed by atoms with Crippen molar-refractivity contribution in [2.45, 2.75) is 59.8 Å². The third-order valence-electron chi connectivity index (χ3n) is 5.90. The summed E-state index contributed by atoms with van der Waals surface area (Å²) in [6.45, 7) is 9.05. The summed E-state index contributed by atoms with van der Waals surface area (Å²) in [5.74, 6) is 1.55. The van der Waals surface area contributed by atoms with Gasteiger partial charge in [0.1, 0.15) is 17.3 Å². The van der Waals surface area contributed by atoms with Crippen LogP contribution in [0.2, 0.25) is 0 Å². The molecule has 7 nitrogen and oxygen atoms in total. The summed E-state index contributed by atoms with van der Waals surface area (Å²) in [6, 6.07) is 0. The number of rotatable bonds is 7. The molecule has 1 saturated heterocycles. The molecule has 2 aromatic rings. The monoisotopic (exact) mass is 429 g/mol. The normalized spacial score (nSPS) is 15.9. The van der Waals surface area contributed by atoms with E-state index in [0.717, 1.165) is 55.0 Å². The second-order valence-electron chi connectivity index (χ2n) is 8.31. The Morgan fingerprint density at radius 3 is 2.50 bits per heavy atom. The smallest absolute Gasteiger partial charge is 0.225 e. The minimum atomic E-state index is -0.316. The summed E-state index contributed by atoms with van der Waals surface area (Å²) in [5.41, 5.74) is 8.56. The fraction of sp³-hybridized carbons (Fsp3) is 0.591. The van der Waals surface area contributed by atoms with Crippen LogP contribution in [0, 0.1) is 32.6 Å². The number of piperidine rings is 1. The lowest BCUT2D eigenvalue weighted by Crippen LogP contribution is -2.41. The van der Waals surface area contributed by atoms with Crippen molar-refractivity contribution in [2.75, 3.05) is 18.8 Å². The number of ketones is 1. The maximum absolute atomic E-state index is 12.8. The first-order valence-corrected chi connectivity index (χ1v) is 11.5. The third-order valence-corrected chi connectivity index (χ3v) is 6.68. The molecule has 162 valence electrons. The van der Waals surface area contributed by atoms with Crippen molar-refractivity contribution in [3.05, 3.63) is 33.2 Å². The van der Waals surface area contributed by atoms with Crippen LogP contribution >= 0.6 is 11.3 Å². The van der Waals surface area contributed by atoms with Crippen LogP contribution in [0.4, 0.5) is 5.82 Å². The average molecular weight is 430 g/mol. The first-order chi connectivity index (χ1) is 14.2. The zero-order chi connectivity index (χ0) is 21.8. The number of nitrogens with two attached hydrogens (primary N) is 1. The molecule has 1 amide bonds. The van der Waals surface area contributed by atoms with E-state index in [4.69, 9.17) is 5.73 Å². The van der Waals surface area contributed by atoms with Gasteiger partial charge in [0, 0.05) is 42.1 Å². The fourth-order valence-corrected chi connectivity index (χ4v) is 4.75. The van der Waals surface area contributed by atoms with E-state index in [2.05, 4.69) is 15.0 Å². The number of Topliss-reactive ketones (excluding diaryl/α,β-unsaturated/α-hetero) is 1. The van der Waals surface area contributed by atoms with Gasteiger partial charge in [-0.2, -0.15) is 0 Å². The Kier molecular flexibility index (Phi) is 7.18. The van der Waals surface area contributed by atoms with Gasteiger partial charge in [0.05, 0.1) is 5.01 Å². The summed E-state index contributed by atoms with van der Waals surface area (Å²) < 4.78 is 0. The predicted molar refractivity (Wildman–Crippen MR) is 119 cm³/mol. The zero-order valence-corrected chi connectivity index (χ0v) is 19.1. The van der Waals surface area contributed by atoms with Gasteiger partial charge in [-0.25, -0.2) is 15.0 Å². The molecule has 3 heterocycles.